The Morgan fingerprint density at radius 2 is 1.59 bits per heavy atom. The van der Waals surface area contributed by atoms with Crippen molar-refractivity contribution in [3.8, 4) is 5.88 Å². The lowest BCUT2D eigenvalue weighted by atomic mass is 9.91. The van der Waals surface area contributed by atoms with E-state index in [1.807, 2.05) is 43.0 Å². The summed E-state index contributed by atoms with van der Waals surface area (Å²) >= 11 is 1.88. The quantitative estimate of drug-likeness (QED) is 0.0262. The number of Topliss-reactive ketones (excluding diaryl/α,β-unsaturated/α-hetero) is 3. The Balaban J connectivity index is 0.784. The van der Waals surface area contributed by atoms with Gasteiger partial charge >= 0.3 is 6.03 Å². The average molecular weight is 1160 g/mol. The molecule has 444 valence electrons. The van der Waals surface area contributed by atoms with Crippen molar-refractivity contribution < 1.29 is 65.7 Å². The molecule has 2 aromatic rings. The standard InChI is InChI=1S/C58H81N7O14S2/c1-4-41-33-58(41,56(72)64-81(74,75)45-18-19-45)34-49(68)48-32-44(79-54-46-20-17-38(3)30-39(46)21-23-60-54)36-65(48)55(71)40(35-61-51(69)5-2)31-43(67)14-10-13-42(66)12-8-9-24-76-26-28-78-29-27-77-25-11-22-59-52(70)16-7-6-15-50-53-47(37-80-50)62-57(73)63-53/h4-5,17,20-21,23,30,40-41,44-45,47-48,50,53H,1-2,6-16,18-19,22,24-29,31-37H2,3H3,(H,59,70)(H,61,69)(H,64,72)(H2,62,63,73)/t40-,41-,44+,47-,48-,50-,53-,58+/m0/s1. The average Bonchev–Trinajstić information content (AvgIpc) is 3.16. The van der Waals surface area contributed by atoms with E-state index in [2.05, 4.69) is 44.1 Å². The van der Waals surface area contributed by atoms with Gasteiger partial charge in [0.25, 0.3) is 0 Å². The van der Waals surface area contributed by atoms with Gasteiger partial charge in [-0.2, -0.15) is 11.8 Å². The van der Waals surface area contributed by atoms with E-state index in [0.717, 1.165) is 47.4 Å². The van der Waals surface area contributed by atoms with Crippen molar-refractivity contribution in [2.75, 3.05) is 65.0 Å². The van der Waals surface area contributed by atoms with Crippen LogP contribution >= 0.6 is 11.8 Å². The largest absolute Gasteiger partial charge is 0.472 e. The van der Waals surface area contributed by atoms with Crippen molar-refractivity contribution >= 4 is 79.6 Å². The predicted octanol–water partition coefficient (Wildman–Crippen LogP) is 4.72. The van der Waals surface area contributed by atoms with E-state index in [9.17, 15) is 46.8 Å². The van der Waals surface area contributed by atoms with Gasteiger partial charge in [0, 0.05) is 93.8 Å². The first-order valence-corrected chi connectivity index (χ1v) is 31.3. The lowest BCUT2D eigenvalue weighted by Gasteiger charge is -2.29. The number of unbranched alkanes of at least 4 members (excludes halogenated alkanes) is 2. The lowest BCUT2D eigenvalue weighted by Crippen LogP contribution is -2.48. The van der Waals surface area contributed by atoms with Gasteiger partial charge in [-0.1, -0.05) is 36.8 Å². The smallest absolute Gasteiger partial charge is 0.315 e. The Hall–Kier alpha value is -5.75. The van der Waals surface area contributed by atoms with Crippen LogP contribution in [-0.4, -0.2) is 165 Å². The summed E-state index contributed by atoms with van der Waals surface area (Å²) in [5.41, 5.74) is -0.348. The summed E-state index contributed by atoms with van der Waals surface area (Å²) in [7, 11) is -3.92. The normalized spacial score (nSPS) is 23.2. The molecule has 0 radical (unpaired) electrons. The zero-order valence-electron chi connectivity index (χ0n) is 46.6. The van der Waals surface area contributed by atoms with E-state index in [1.54, 1.807) is 6.20 Å². The Labute approximate surface area is 479 Å². The summed E-state index contributed by atoms with van der Waals surface area (Å²) in [4.78, 5) is 111. The van der Waals surface area contributed by atoms with E-state index in [4.69, 9.17) is 18.9 Å². The van der Waals surface area contributed by atoms with Crippen molar-refractivity contribution in [3.63, 3.8) is 0 Å². The van der Waals surface area contributed by atoms with Gasteiger partial charge in [0.2, 0.25) is 39.5 Å². The monoisotopic (exact) mass is 1160 g/mol. The summed E-state index contributed by atoms with van der Waals surface area (Å²) in [5, 5.41) is 12.9. The van der Waals surface area contributed by atoms with Gasteiger partial charge in [0.1, 0.15) is 17.7 Å². The second-order valence-corrected chi connectivity index (χ2v) is 25.2. The highest BCUT2D eigenvalue weighted by molar-refractivity contribution is 8.00. The van der Waals surface area contributed by atoms with E-state index in [-0.39, 0.29) is 93.6 Å². The first kappa shape index (κ1) is 62.8. The third-order valence-corrected chi connectivity index (χ3v) is 19.0. The number of aryl methyl sites for hydroxylation is 1. The summed E-state index contributed by atoms with van der Waals surface area (Å²) in [6.07, 6.45) is 9.83. The molecule has 0 unspecified atom stereocenters. The van der Waals surface area contributed by atoms with Gasteiger partial charge in [-0.25, -0.2) is 18.2 Å². The topological polar surface area (TPSA) is 284 Å². The Morgan fingerprint density at radius 1 is 0.877 bits per heavy atom. The van der Waals surface area contributed by atoms with Crippen LogP contribution in [0.15, 0.2) is 55.8 Å². The molecule has 6 amide bonds. The van der Waals surface area contributed by atoms with Gasteiger partial charge < -0.3 is 45.1 Å². The summed E-state index contributed by atoms with van der Waals surface area (Å²) in [6, 6.07) is 6.82. The first-order chi connectivity index (χ1) is 39.0. The number of pyridine rings is 1. The van der Waals surface area contributed by atoms with Crippen LogP contribution in [0.2, 0.25) is 0 Å². The van der Waals surface area contributed by atoms with Gasteiger partial charge in [0.15, 0.2) is 5.78 Å². The number of allylic oxidation sites excluding steroid dienone is 1. The van der Waals surface area contributed by atoms with Crippen LogP contribution in [0, 0.1) is 24.2 Å². The highest BCUT2D eigenvalue weighted by Gasteiger charge is 2.61. The van der Waals surface area contributed by atoms with Gasteiger partial charge in [-0.3, -0.25) is 38.3 Å². The van der Waals surface area contributed by atoms with Crippen LogP contribution < -0.4 is 30.7 Å². The molecule has 8 atom stereocenters. The molecule has 3 saturated heterocycles. The van der Waals surface area contributed by atoms with Gasteiger partial charge in [0.05, 0.1) is 67.7 Å². The number of amides is 6. The summed E-state index contributed by atoms with van der Waals surface area (Å²) in [6.45, 7) is 12.1. The maximum atomic E-state index is 14.7. The van der Waals surface area contributed by atoms with Crippen LogP contribution in [0.5, 0.6) is 5.88 Å². The van der Waals surface area contributed by atoms with Gasteiger partial charge in [-0.15, -0.1) is 6.58 Å². The Bertz CT molecular complexity index is 2710. The van der Waals surface area contributed by atoms with E-state index in [0.29, 0.717) is 102 Å². The number of hydrogen-bond donors (Lipinski definition) is 5. The van der Waals surface area contributed by atoms with Crippen LogP contribution in [0.1, 0.15) is 115 Å². The Morgan fingerprint density at radius 3 is 2.32 bits per heavy atom. The third-order valence-electron chi connectivity index (χ3n) is 15.7. The number of sulfonamides is 1. The zero-order chi connectivity index (χ0) is 57.9. The number of carbonyl (C=O) groups excluding carboxylic acids is 8. The molecule has 2 saturated carbocycles. The maximum Gasteiger partial charge on any atom is 0.315 e. The van der Waals surface area contributed by atoms with Crippen LogP contribution in [0.4, 0.5) is 4.79 Å². The molecule has 23 heteroatoms. The number of rotatable bonds is 39. The number of urea groups is 1. The molecule has 3 aliphatic heterocycles. The molecule has 21 nitrogen and oxygen atoms in total. The fraction of sp³-hybridized carbons (Fsp3) is 0.638. The molecule has 7 rings (SSSR count). The lowest BCUT2D eigenvalue weighted by molar-refractivity contribution is -0.143. The molecule has 4 heterocycles. The number of nitrogens with zero attached hydrogens (tertiary/aromatic N) is 2. The van der Waals surface area contributed by atoms with E-state index < -0.39 is 68.2 Å². The molecule has 2 aliphatic carbocycles. The minimum Gasteiger partial charge on any atom is -0.472 e. The number of hydrogen-bond acceptors (Lipinski definition) is 16. The molecule has 0 bridgehead atoms. The second-order valence-electron chi connectivity index (χ2n) is 22.0. The number of fused-ring (bicyclic) bond motifs is 2. The molecular formula is C58H81N7O14S2. The van der Waals surface area contributed by atoms with Crippen molar-refractivity contribution in [3.05, 3.63) is 61.3 Å². The predicted molar refractivity (Wildman–Crippen MR) is 305 cm³/mol. The number of thioether (sulfide) groups is 1. The Kier molecular flexibility index (Phi) is 23.7. The molecular weight excluding hydrogens is 1080 g/mol. The number of ether oxygens (including phenoxy) is 4. The van der Waals surface area contributed by atoms with Crippen LogP contribution in [0.25, 0.3) is 10.8 Å². The number of carbonyl (C=O) groups is 8. The molecule has 81 heavy (non-hydrogen) atoms. The minimum absolute atomic E-state index is 0.00571. The molecule has 1 aromatic heterocycles. The molecule has 5 N–H and O–H groups in total. The van der Waals surface area contributed by atoms with Crippen molar-refractivity contribution in [1.82, 2.24) is 35.9 Å². The second kappa shape index (κ2) is 30.5. The number of likely N-dealkylation sites (tertiary alicyclic amines) is 1. The molecule has 1 aromatic carbocycles. The van der Waals surface area contributed by atoms with E-state index >= 15 is 0 Å². The number of benzene rings is 1. The highest BCUT2D eigenvalue weighted by atomic mass is 32.2. The molecule has 5 aliphatic rings. The fourth-order valence-electron chi connectivity index (χ4n) is 10.9. The minimum atomic E-state index is -3.92. The molecule has 5 fully saturated rings. The SMILES string of the molecule is C=CC(=O)NC[C@H](CC(=O)CCCC(=O)CCCCOCCOCCOCCCNC(=O)CCCC[C@@H]1SC[C@@H]2NC(=O)N[C@@H]21)C(=O)N1C[C@H](Oc2nccc3cc(C)ccc23)C[C@H]1C(=O)C[C@]1(C(=O)NS(=O)(=O)C2CC2)C[C@@H]1C=C. The fourth-order valence-corrected chi connectivity index (χ4v) is 13.8. The first-order valence-electron chi connectivity index (χ1n) is 28.7. The summed E-state index contributed by atoms with van der Waals surface area (Å²) < 4.78 is 51.2. The zero-order valence-corrected chi connectivity index (χ0v) is 48.2. The molecule has 0 spiro atoms. The van der Waals surface area contributed by atoms with Crippen molar-refractivity contribution in [1.29, 1.82) is 0 Å². The maximum absolute atomic E-state index is 14.7. The number of ketones is 3. The van der Waals surface area contributed by atoms with Gasteiger partial charge in [-0.05, 0) is 94.2 Å². The van der Waals surface area contributed by atoms with Crippen LogP contribution in [0.3, 0.4) is 0 Å². The highest BCUT2D eigenvalue weighted by Crippen LogP contribution is 2.57. The van der Waals surface area contributed by atoms with E-state index in [1.165, 1.54) is 11.0 Å². The number of aromatic nitrogens is 1. The van der Waals surface area contributed by atoms with Crippen LogP contribution in [-0.2, 0) is 57.8 Å². The van der Waals surface area contributed by atoms with Crippen molar-refractivity contribution in [2.45, 2.75) is 151 Å². The summed E-state index contributed by atoms with van der Waals surface area (Å²) in [5.74, 6) is -3.06. The third kappa shape index (κ3) is 18.6. The number of nitrogens with one attached hydrogen (secondary N) is 5. The van der Waals surface area contributed by atoms with Crippen molar-refractivity contribution in [2.24, 2.45) is 17.3 Å².